The van der Waals surface area contributed by atoms with E-state index in [0.29, 0.717) is 11.7 Å². The summed E-state index contributed by atoms with van der Waals surface area (Å²) in [4.78, 5) is 10.7. The predicted molar refractivity (Wildman–Crippen MR) is 54.3 cm³/mol. The van der Waals surface area contributed by atoms with Crippen LogP contribution in [0.4, 0.5) is 0 Å². The molecular formula is C10H23NO. The Labute approximate surface area is 76.7 Å². The Balaban J connectivity index is 0. The molecule has 0 aromatic heterocycles. The van der Waals surface area contributed by atoms with Crippen molar-refractivity contribution in [1.29, 1.82) is 0 Å². The Morgan fingerprint density at radius 3 is 1.67 bits per heavy atom. The Bertz CT molecular complexity index is 110. The lowest BCUT2D eigenvalue weighted by Crippen LogP contribution is -2.08. The number of nitrogens with one attached hydrogen (secondary N) is 1. The van der Waals surface area contributed by atoms with E-state index < -0.39 is 0 Å². The molecule has 0 aromatic rings. The van der Waals surface area contributed by atoms with Gasteiger partial charge in [0, 0.05) is 5.92 Å². The van der Waals surface area contributed by atoms with E-state index in [2.05, 4.69) is 19.2 Å². The fourth-order valence-corrected chi connectivity index (χ4v) is 0.873. The second-order valence-electron chi connectivity index (χ2n) is 3.64. The van der Waals surface area contributed by atoms with Crippen molar-refractivity contribution >= 4 is 5.78 Å². The minimum absolute atomic E-state index is 0.255. The Kier molecular flexibility index (Phi) is 10.3. The Hall–Kier alpha value is -0.370. The summed E-state index contributed by atoms with van der Waals surface area (Å²) in [5.41, 5.74) is 0. The van der Waals surface area contributed by atoms with Crippen LogP contribution in [0.25, 0.3) is 0 Å². The molecule has 74 valence electrons. The molecule has 1 unspecified atom stereocenters. The van der Waals surface area contributed by atoms with Crippen LogP contribution in [0.5, 0.6) is 0 Å². The van der Waals surface area contributed by atoms with Crippen molar-refractivity contribution in [2.75, 3.05) is 14.1 Å². The first kappa shape index (κ1) is 14.2. The van der Waals surface area contributed by atoms with Gasteiger partial charge in [-0.05, 0) is 33.4 Å². The van der Waals surface area contributed by atoms with Crippen LogP contribution in [0.1, 0.15) is 34.1 Å². The molecule has 0 aliphatic heterocycles. The van der Waals surface area contributed by atoms with Gasteiger partial charge in [0.15, 0.2) is 0 Å². The molecule has 2 nitrogen and oxygen atoms in total. The van der Waals surface area contributed by atoms with Gasteiger partial charge in [-0.15, -0.1) is 0 Å². The van der Waals surface area contributed by atoms with Crippen LogP contribution < -0.4 is 5.32 Å². The highest BCUT2D eigenvalue weighted by molar-refractivity contribution is 5.77. The molecule has 0 radical (unpaired) electrons. The van der Waals surface area contributed by atoms with E-state index in [-0.39, 0.29) is 5.92 Å². The van der Waals surface area contributed by atoms with Gasteiger partial charge in [0.25, 0.3) is 0 Å². The first-order valence-electron chi connectivity index (χ1n) is 4.54. The molecule has 0 saturated carbocycles. The fourth-order valence-electron chi connectivity index (χ4n) is 0.873. The number of hydrogen-bond donors (Lipinski definition) is 1. The molecular weight excluding hydrogens is 150 g/mol. The van der Waals surface area contributed by atoms with Gasteiger partial charge in [-0.3, -0.25) is 4.79 Å². The summed E-state index contributed by atoms with van der Waals surface area (Å²) in [5.74, 6) is 1.21. The number of Topliss-reactive ketones (excluding diaryl/α,β-unsaturated/α-hetero) is 1. The van der Waals surface area contributed by atoms with Crippen molar-refractivity contribution in [3.05, 3.63) is 0 Å². The molecule has 0 aliphatic carbocycles. The Morgan fingerprint density at radius 1 is 1.25 bits per heavy atom. The fraction of sp³-hybridized carbons (Fsp3) is 0.900. The van der Waals surface area contributed by atoms with E-state index in [0.717, 1.165) is 6.42 Å². The summed E-state index contributed by atoms with van der Waals surface area (Å²) < 4.78 is 0. The molecule has 12 heavy (non-hydrogen) atoms. The first-order valence-corrected chi connectivity index (χ1v) is 4.54. The lowest BCUT2D eigenvalue weighted by Gasteiger charge is -2.08. The average Bonchev–Trinajstić information content (AvgIpc) is 1.87. The van der Waals surface area contributed by atoms with Crippen LogP contribution in [0.2, 0.25) is 0 Å². The summed E-state index contributed by atoms with van der Waals surface area (Å²) in [5, 5.41) is 2.75. The standard InChI is InChI=1S/C8H16O.C2H7N/c1-6(2)5-7(3)8(4)9;1-3-2/h6-7H,5H2,1-4H3;3H,1-2H3. The molecule has 0 spiro atoms. The van der Waals surface area contributed by atoms with Gasteiger partial charge < -0.3 is 5.32 Å². The zero-order valence-corrected chi connectivity index (χ0v) is 9.27. The predicted octanol–water partition coefficient (Wildman–Crippen LogP) is 2.09. The third kappa shape index (κ3) is 12.3. The van der Waals surface area contributed by atoms with Crippen molar-refractivity contribution < 1.29 is 4.79 Å². The molecule has 0 heterocycles. The molecule has 0 aromatic carbocycles. The van der Waals surface area contributed by atoms with Crippen molar-refractivity contribution in [3.63, 3.8) is 0 Å². The van der Waals surface area contributed by atoms with E-state index in [1.165, 1.54) is 0 Å². The van der Waals surface area contributed by atoms with Gasteiger partial charge in [-0.2, -0.15) is 0 Å². The highest BCUT2D eigenvalue weighted by Crippen LogP contribution is 2.10. The molecule has 1 N–H and O–H groups in total. The topological polar surface area (TPSA) is 29.1 Å². The van der Waals surface area contributed by atoms with Crippen LogP contribution in [-0.4, -0.2) is 19.9 Å². The summed E-state index contributed by atoms with van der Waals surface area (Å²) in [6.07, 6.45) is 1.02. The van der Waals surface area contributed by atoms with Gasteiger partial charge in [0.1, 0.15) is 5.78 Å². The maximum absolute atomic E-state index is 10.7. The average molecular weight is 173 g/mol. The van der Waals surface area contributed by atoms with Crippen LogP contribution in [0.15, 0.2) is 0 Å². The lowest BCUT2D eigenvalue weighted by molar-refractivity contribution is -0.120. The van der Waals surface area contributed by atoms with Crippen molar-refractivity contribution in [2.24, 2.45) is 11.8 Å². The van der Waals surface area contributed by atoms with Crippen LogP contribution in [0.3, 0.4) is 0 Å². The lowest BCUT2D eigenvalue weighted by atomic mass is 9.96. The minimum atomic E-state index is 0.255. The monoisotopic (exact) mass is 173 g/mol. The highest BCUT2D eigenvalue weighted by Gasteiger charge is 2.08. The summed E-state index contributed by atoms with van der Waals surface area (Å²) in [7, 11) is 3.75. The maximum Gasteiger partial charge on any atom is 0.132 e. The molecule has 0 rings (SSSR count). The third-order valence-corrected chi connectivity index (χ3v) is 1.52. The second kappa shape index (κ2) is 8.72. The molecule has 1 atom stereocenters. The number of ketones is 1. The SMILES string of the molecule is CC(=O)C(C)CC(C)C.CNC. The molecule has 0 bridgehead atoms. The third-order valence-electron chi connectivity index (χ3n) is 1.52. The summed E-state index contributed by atoms with van der Waals surface area (Å²) in [6, 6.07) is 0. The maximum atomic E-state index is 10.7. The van der Waals surface area contributed by atoms with Gasteiger partial charge >= 0.3 is 0 Å². The van der Waals surface area contributed by atoms with Crippen molar-refractivity contribution in [2.45, 2.75) is 34.1 Å². The van der Waals surface area contributed by atoms with Crippen LogP contribution in [0, 0.1) is 11.8 Å². The molecule has 0 amide bonds. The minimum Gasteiger partial charge on any atom is -0.323 e. The number of rotatable bonds is 3. The normalized spacial score (nSPS) is 11.9. The van der Waals surface area contributed by atoms with Crippen LogP contribution in [-0.2, 0) is 4.79 Å². The quantitative estimate of drug-likeness (QED) is 0.708. The van der Waals surface area contributed by atoms with Gasteiger partial charge in [0.2, 0.25) is 0 Å². The van der Waals surface area contributed by atoms with Gasteiger partial charge in [-0.1, -0.05) is 20.8 Å². The largest absolute Gasteiger partial charge is 0.323 e. The summed E-state index contributed by atoms with van der Waals surface area (Å²) >= 11 is 0. The smallest absolute Gasteiger partial charge is 0.132 e. The van der Waals surface area contributed by atoms with E-state index in [9.17, 15) is 4.79 Å². The highest BCUT2D eigenvalue weighted by atomic mass is 16.1. The molecule has 2 heteroatoms. The number of carbonyl (C=O) groups is 1. The van der Waals surface area contributed by atoms with E-state index >= 15 is 0 Å². The van der Waals surface area contributed by atoms with Crippen molar-refractivity contribution in [3.8, 4) is 0 Å². The molecule has 0 aliphatic rings. The van der Waals surface area contributed by atoms with Crippen molar-refractivity contribution in [1.82, 2.24) is 5.32 Å². The first-order chi connectivity index (χ1) is 5.45. The molecule has 0 saturated heterocycles. The molecule has 0 fully saturated rings. The summed E-state index contributed by atoms with van der Waals surface area (Å²) in [6.45, 7) is 7.92. The second-order valence-corrected chi connectivity index (χ2v) is 3.64. The van der Waals surface area contributed by atoms with Crippen LogP contribution >= 0.6 is 0 Å². The van der Waals surface area contributed by atoms with E-state index in [1.807, 2.05) is 21.0 Å². The zero-order chi connectivity index (χ0) is 10.1. The number of carbonyl (C=O) groups excluding carboxylic acids is 1. The van der Waals surface area contributed by atoms with E-state index in [4.69, 9.17) is 0 Å². The van der Waals surface area contributed by atoms with E-state index in [1.54, 1.807) is 6.92 Å². The van der Waals surface area contributed by atoms with Gasteiger partial charge in [0.05, 0.1) is 0 Å². The van der Waals surface area contributed by atoms with Gasteiger partial charge in [-0.25, -0.2) is 0 Å². The zero-order valence-electron chi connectivity index (χ0n) is 9.27. The number of hydrogen-bond acceptors (Lipinski definition) is 2. The Morgan fingerprint density at radius 2 is 1.58 bits per heavy atom.